The van der Waals surface area contributed by atoms with Crippen molar-refractivity contribution in [2.45, 2.75) is 19.4 Å². The van der Waals surface area contributed by atoms with E-state index in [1.54, 1.807) is 24.3 Å². The molecular formula is C20H24O5. The van der Waals surface area contributed by atoms with Crippen molar-refractivity contribution in [1.82, 2.24) is 0 Å². The van der Waals surface area contributed by atoms with Gasteiger partial charge >= 0.3 is 0 Å². The fourth-order valence-electron chi connectivity index (χ4n) is 2.97. The van der Waals surface area contributed by atoms with Crippen LogP contribution in [0.4, 0.5) is 0 Å². The highest BCUT2D eigenvalue weighted by Gasteiger charge is 2.30. The molecule has 5 nitrogen and oxygen atoms in total. The molecule has 0 aromatic heterocycles. The third-order valence-corrected chi connectivity index (χ3v) is 4.23. The van der Waals surface area contributed by atoms with Crippen LogP contribution >= 0.6 is 0 Å². The van der Waals surface area contributed by atoms with Crippen molar-refractivity contribution in [2.24, 2.45) is 5.92 Å². The first-order chi connectivity index (χ1) is 12.0. The molecule has 1 N–H and O–H groups in total. The normalized spacial score (nSPS) is 18.0. The molecule has 0 bridgehead atoms. The molecule has 5 heteroatoms. The number of carbonyl (C=O) groups is 1. The Bertz CT molecular complexity index is 680. The summed E-state index contributed by atoms with van der Waals surface area (Å²) >= 11 is 0. The summed E-state index contributed by atoms with van der Waals surface area (Å²) < 4.78 is 15.9. The highest BCUT2D eigenvalue weighted by molar-refractivity contribution is 6.01. The fraction of sp³-hybridized carbons (Fsp3) is 0.350. The summed E-state index contributed by atoms with van der Waals surface area (Å²) in [5.74, 6) is 0.935. The lowest BCUT2D eigenvalue weighted by atomic mass is 9.83. The first-order valence-electron chi connectivity index (χ1n) is 8.08. The molecule has 25 heavy (non-hydrogen) atoms. The molecule has 134 valence electrons. The minimum Gasteiger partial charge on any atom is -0.497 e. The lowest BCUT2D eigenvalue weighted by Gasteiger charge is -2.24. The molecule has 0 amide bonds. The quantitative estimate of drug-likeness (QED) is 0.733. The molecule has 1 aliphatic carbocycles. The van der Waals surface area contributed by atoms with Crippen molar-refractivity contribution < 1.29 is 24.1 Å². The van der Waals surface area contributed by atoms with Gasteiger partial charge in [-0.1, -0.05) is 31.7 Å². The van der Waals surface area contributed by atoms with Gasteiger partial charge < -0.3 is 19.3 Å². The van der Waals surface area contributed by atoms with Crippen molar-refractivity contribution in [3.63, 3.8) is 0 Å². The van der Waals surface area contributed by atoms with Crippen LogP contribution in [0.15, 0.2) is 54.2 Å². The van der Waals surface area contributed by atoms with E-state index in [0.717, 1.165) is 12.0 Å². The minimum atomic E-state index is -0.951. The summed E-state index contributed by atoms with van der Waals surface area (Å²) in [5.41, 5.74) is 2.00. The molecule has 0 saturated heterocycles. The molecule has 0 radical (unpaired) electrons. The maximum absolute atomic E-state index is 13.2. The van der Waals surface area contributed by atoms with Crippen LogP contribution in [0, 0.1) is 5.92 Å². The lowest BCUT2D eigenvalue weighted by Crippen LogP contribution is -2.24. The average molecular weight is 344 g/mol. The highest BCUT2D eigenvalue weighted by Crippen LogP contribution is 2.35. The first-order valence-corrected chi connectivity index (χ1v) is 8.08. The average Bonchev–Trinajstić information content (AvgIpc) is 2.64. The molecule has 0 heterocycles. The van der Waals surface area contributed by atoms with Crippen LogP contribution in [0.2, 0.25) is 0 Å². The summed E-state index contributed by atoms with van der Waals surface area (Å²) in [6, 6.07) is 5.13. The first kappa shape index (κ1) is 19.0. The summed E-state index contributed by atoms with van der Waals surface area (Å²) in [6.45, 7) is 5.21. The minimum absolute atomic E-state index is 0.0443. The van der Waals surface area contributed by atoms with E-state index in [2.05, 4.69) is 6.58 Å². The topological polar surface area (TPSA) is 65.0 Å². The Balaban J connectivity index is 2.50. The van der Waals surface area contributed by atoms with Crippen molar-refractivity contribution in [3.8, 4) is 11.5 Å². The lowest BCUT2D eigenvalue weighted by molar-refractivity contribution is -0.134. The third kappa shape index (κ3) is 4.18. The van der Waals surface area contributed by atoms with Crippen molar-refractivity contribution in [2.75, 3.05) is 21.0 Å². The second-order valence-corrected chi connectivity index (χ2v) is 5.80. The number of rotatable bonds is 8. The number of aliphatic hydroxyl groups excluding tert-OH is 1. The Morgan fingerprint density at radius 3 is 2.48 bits per heavy atom. The summed E-state index contributed by atoms with van der Waals surface area (Å²) in [6.07, 6.45) is 5.40. The molecule has 1 aromatic rings. The molecule has 2 unspecified atom stereocenters. The van der Waals surface area contributed by atoms with Gasteiger partial charge in [-0.05, 0) is 35.6 Å². The predicted octanol–water partition coefficient (Wildman–Crippen LogP) is 3.36. The van der Waals surface area contributed by atoms with Crippen molar-refractivity contribution in [1.29, 1.82) is 0 Å². The fourth-order valence-corrected chi connectivity index (χ4v) is 2.97. The number of ether oxygens (including phenoxy) is 3. The number of ketones is 1. The van der Waals surface area contributed by atoms with Crippen LogP contribution in [0.3, 0.4) is 0 Å². The van der Waals surface area contributed by atoms with E-state index < -0.39 is 12.9 Å². The molecule has 2 atom stereocenters. The van der Waals surface area contributed by atoms with Gasteiger partial charge in [0.25, 0.3) is 0 Å². The second-order valence-electron chi connectivity index (χ2n) is 5.80. The Kier molecular flexibility index (Phi) is 6.56. The maximum atomic E-state index is 13.2. The van der Waals surface area contributed by atoms with Crippen LogP contribution in [-0.4, -0.2) is 31.9 Å². The smallest absolute Gasteiger partial charge is 0.193 e. The van der Waals surface area contributed by atoms with Crippen LogP contribution in [-0.2, 0) is 9.53 Å². The number of benzene rings is 1. The van der Waals surface area contributed by atoms with Gasteiger partial charge in [-0.2, -0.15) is 0 Å². The van der Waals surface area contributed by atoms with Gasteiger partial charge in [-0.3, -0.25) is 4.79 Å². The molecule has 0 aliphatic heterocycles. The van der Waals surface area contributed by atoms with Gasteiger partial charge in [0.1, 0.15) is 24.4 Å². The summed E-state index contributed by atoms with van der Waals surface area (Å²) in [5, 5.41) is 9.30. The molecule has 1 aromatic carbocycles. The third-order valence-electron chi connectivity index (χ3n) is 4.23. The van der Waals surface area contributed by atoms with E-state index in [1.807, 2.05) is 19.1 Å². The standard InChI is InChI=1S/C20H24O5/c1-5-14-8-6-7-13(2)18(14)19(22)20(25-12-21)15-9-16(23-3)11-17(10-15)24-4/h5-6,8-11,13,20-21H,1,7,12H2,2-4H3. The van der Waals surface area contributed by atoms with Crippen molar-refractivity contribution in [3.05, 3.63) is 59.7 Å². The highest BCUT2D eigenvalue weighted by atomic mass is 16.6. The van der Waals surface area contributed by atoms with E-state index in [1.165, 1.54) is 14.2 Å². The zero-order valence-electron chi connectivity index (χ0n) is 14.8. The molecule has 2 rings (SSSR count). The zero-order valence-corrected chi connectivity index (χ0v) is 14.8. The van der Waals surface area contributed by atoms with Crippen molar-refractivity contribution >= 4 is 5.78 Å². The molecular weight excluding hydrogens is 320 g/mol. The van der Waals surface area contributed by atoms with E-state index in [9.17, 15) is 9.90 Å². The van der Waals surface area contributed by atoms with Crippen LogP contribution in [0.1, 0.15) is 25.0 Å². The number of carbonyl (C=O) groups excluding carboxylic acids is 1. The zero-order chi connectivity index (χ0) is 18.4. The summed E-state index contributed by atoms with van der Waals surface area (Å²) in [4.78, 5) is 13.2. The maximum Gasteiger partial charge on any atom is 0.193 e. The number of hydrogen-bond acceptors (Lipinski definition) is 5. The second kappa shape index (κ2) is 8.65. The Morgan fingerprint density at radius 2 is 1.96 bits per heavy atom. The largest absolute Gasteiger partial charge is 0.497 e. The number of allylic oxidation sites excluding steroid dienone is 4. The van der Waals surface area contributed by atoms with Crippen LogP contribution in [0.25, 0.3) is 0 Å². The van der Waals surface area contributed by atoms with E-state index in [0.29, 0.717) is 22.6 Å². The SMILES string of the molecule is C=CC1=C(C(=O)C(OCO)c2cc(OC)cc(OC)c2)C(C)CC=C1. The van der Waals surface area contributed by atoms with E-state index in [-0.39, 0.29) is 11.7 Å². The monoisotopic (exact) mass is 344 g/mol. The van der Waals surface area contributed by atoms with Crippen LogP contribution in [0.5, 0.6) is 11.5 Å². The Labute approximate surface area is 148 Å². The number of aliphatic hydroxyl groups is 1. The Morgan fingerprint density at radius 1 is 1.32 bits per heavy atom. The Hall–Kier alpha value is -2.37. The molecule has 0 saturated carbocycles. The van der Waals surface area contributed by atoms with E-state index >= 15 is 0 Å². The molecule has 0 fully saturated rings. The van der Waals surface area contributed by atoms with Gasteiger partial charge in [-0.15, -0.1) is 0 Å². The summed E-state index contributed by atoms with van der Waals surface area (Å²) in [7, 11) is 3.07. The van der Waals surface area contributed by atoms with Gasteiger partial charge in [0.05, 0.1) is 14.2 Å². The molecule has 0 spiro atoms. The van der Waals surface area contributed by atoms with Gasteiger partial charge in [0, 0.05) is 11.6 Å². The van der Waals surface area contributed by atoms with Gasteiger partial charge in [0.15, 0.2) is 5.78 Å². The number of Topliss-reactive ketones (excluding diaryl/α,β-unsaturated/α-hetero) is 1. The van der Waals surface area contributed by atoms with Gasteiger partial charge in [0.2, 0.25) is 0 Å². The number of methoxy groups -OCH3 is 2. The number of hydrogen-bond donors (Lipinski definition) is 1. The predicted molar refractivity (Wildman–Crippen MR) is 95.6 cm³/mol. The molecule has 1 aliphatic rings. The van der Waals surface area contributed by atoms with E-state index in [4.69, 9.17) is 14.2 Å². The van der Waals surface area contributed by atoms with Crippen LogP contribution < -0.4 is 9.47 Å². The van der Waals surface area contributed by atoms with Gasteiger partial charge in [-0.25, -0.2) is 0 Å².